The van der Waals surface area contributed by atoms with Gasteiger partial charge in [-0.05, 0) is 42.8 Å². The fraction of sp³-hybridized carbons (Fsp3) is 0.500. The second kappa shape index (κ2) is 6.25. The summed E-state index contributed by atoms with van der Waals surface area (Å²) in [6.07, 6.45) is 1.76. The standard InChI is InChI=1S/C14H19NO2S/c1-2-18-12-6-3-5-11(9-12)10-15-8-4-7-13(15)14(16)17/h3,5-6,9,13H,2,4,7-8,10H2,1H3,(H,16,17). The van der Waals surface area contributed by atoms with E-state index in [1.165, 1.54) is 10.5 Å². The fourth-order valence-corrected chi connectivity index (χ4v) is 3.17. The zero-order valence-corrected chi connectivity index (χ0v) is 11.4. The van der Waals surface area contributed by atoms with Crippen LogP contribution in [0.4, 0.5) is 0 Å². The highest BCUT2D eigenvalue weighted by Crippen LogP contribution is 2.23. The normalized spacial score (nSPS) is 20.2. The number of carboxylic acid groups (broad SMARTS) is 1. The molecule has 1 unspecified atom stereocenters. The van der Waals surface area contributed by atoms with E-state index in [-0.39, 0.29) is 6.04 Å². The van der Waals surface area contributed by atoms with Gasteiger partial charge in [0, 0.05) is 11.4 Å². The summed E-state index contributed by atoms with van der Waals surface area (Å²) < 4.78 is 0. The number of rotatable bonds is 5. The second-order valence-corrected chi connectivity index (χ2v) is 5.88. The summed E-state index contributed by atoms with van der Waals surface area (Å²) in [4.78, 5) is 14.5. The molecular weight excluding hydrogens is 246 g/mol. The van der Waals surface area contributed by atoms with E-state index in [0.29, 0.717) is 0 Å². The Bertz CT molecular complexity index is 422. The lowest BCUT2D eigenvalue weighted by molar-refractivity contribution is -0.142. The van der Waals surface area contributed by atoms with Crippen LogP contribution in [-0.4, -0.2) is 34.3 Å². The van der Waals surface area contributed by atoms with Crippen molar-refractivity contribution in [2.75, 3.05) is 12.3 Å². The van der Waals surface area contributed by atoms with E-state index in [0.717, 1.165) is 31.7 Å². The minimum Gasteiger partial charge on any atom is -0.480 e. The maximum atomic E-state index is 11.1. The Hall–Kier alpha value is -1.00. The maximum absolute atomic E-state index is 11.1. The van der Waals surface area contributed by atoms with Gasteiger partial charge in [0.25, 0.3) is 0 Å². The van der Waals surface area contributed by atoms with Crippen molar-refractivity contribution in [1.82, 2.24) is 4.90 Å². The number of carboxylic acids is 1. The number of likely N-dealkylation sites (tertiary alicyclic amines) is 1. The van der Waals surface area contributed by atoms with Crippen molar-refractivity contribution in [1.29, 1.82) is 0 Å². The highest BCUT2D eigenvalue weighted by Gasteiger charge is 2.30. The Morgan fingerprint density at radius 2 is 2.39 bits per heavy atom. The lowest BCUT2D eigenvalue weighted by Gasteiger charge is -2.21. The Balaban J connectivity index is 2.04. The number of hydrogen-bond acceptors (Lipinski definition) is 3. The smallest absolute Gasteiger partial charge is 0.320 e. The van der Waals surface area contributed by atoms with Crippen LogP contribution >= 0.6 is 11.8 Å². The number of benzene rings is 1. The summed E-state index contributed by atoms with van der Waals surface area (Å²) in [5, 5.41) is 9.15. The predicted molar refractivity (Wildman–Crippen MR) is 73.9 cm³/mol. The van der Waals surface area contributed by atoms with Crippen molar-refractivity contribution in [2.24, 2.45) is 0 Å². The molecule has 4 heteroatoms. The number of thioether (sulfide) groups is 1. The first-order valence-electron chi connectivity index (χ1n) is 6.39. The van der Waals surface area contributed by atoms with E-state index in [2.05, 4.69) is 36.1 Å². The van der Waals surface area contributed by atoms with E-state index in [9.17, 15) is 4.79 Å². The molecule has 3 nitrogen and oxygen atoms in total. The third-order valence-corrected chi connectivity index (χ3v) is 4.12. The Kier molecular flexibility index (Phi) is 4.66. The van der Waals surface area contributed by atoms with Crippen molar-refractivity contribution < 1.29 is 9.90 Å². The average molecular weight is 265 g/mol. The third-order valence-electron chi connectivity index (χ3n) is 3.24. The highest BCUT2D eigenvalue weighted by atomic mass is 32.2. The van der Waals surface area contributed by atoms with Crippen LogP contribution in [0, 0.1) is 0 Å². The lowest BCUT2D eigenvalue weighted by atomic mass is 10.2. The molecule has 0 bridgehead atoms. The SMILES string of the molecule is CCSc1cccc(CN2CCCC2C(=O)O)c1. The van der Waals surface area contributed by atoms with Crippen LogP contribution in [0.25, 0.3) is 0 Å². The van der Waals surface area contributed by atoms with Gasteiger partial charge in [-0.25, -0.2) is 0 Å². The third kappa shape index (κ3) is 3.27. The quantitative estimate of drug-likeness (QED) is 0.831. The van der Waals surface area contributed by atoms with Gasteiger partial charge in [-0.2, -0.15) is 0 Å². The van der Waals surface area contributed by atoms with Crippen LogP contribution < -0.4 is 0 Å². The largest absolute Gasteiger partial charge is 0.480 e. The van der Waals surface area contributed by atoms with Gasteiger partial charge >= 0.3 is 5.97 Å². The zero-order valence-electron chi connectivity index (χ0n) is 10.6. The average Bonchev–Trinajstić information content (AvgIpc) is 2.78. The van der Waals surface area contributed by atoms with Gasteiger partial charge in [0.15, 0.2) is 0 Å². The Morgan fingerprint density at radius 1 is 1.56 bits per heavy atom. The van der Waals surface area contributed by atoms with Crippen LogP contribution in [0.15, 0.2) is 29.2 Å². The van der Waals surface area contributed by atoms with Crippen LogP contribution in [0.2, 0.25) is 0 Å². The van der Waals surface area contributed by atoms with E-state index in [1.54, 1.807) is 0 Å². The summed E-state index contributed by atoms with van der Waals surface area (Å²) in [7, 11) is 0. The molecule has 1 aliphatic rings. The summed E-state index contributed by atoms with van der Waals surface area (Å²) >= 11 is 1.82. The monoisotopic (exact) mass is 265 g/mol. The van der Waals surface area contributed by atoms with Gasteiger partial charge in [-0.3, -0.25) is 9.69 Å². The van der Waals surface area contributed by atoms with Crippen molar-refractivity contribution in [3.05, 3.63) is 29.8 Å². The van der Waals surface area contributed by atoms with E-state index in [4.69, 9.17) is 5.11 Å². The van der Waals surface area contributed by atoms with Crippen LogP contribution in [0.3, 0.4) is 0 Å². The molecule has 2 rings (SSSR count). The van der Waals surface area contributed by atoms with Gasteiger partial charge in [-0.15, -0.1) is 11.8 Å². The fourth-order valence-electron chi connectivity index (χ4n) is 2.43. The zero-order chi connectivity index (χ0) is 13.0. The molecule has 1 heterocycles. The number of aliphatic carboxylic acids is 1. The summed E-state index contributed by atoms with van der Waals surface area (Å²) in [5.41, 5.74) is 1.21. The van der Waals surface area contributed by atoms with E-state index in [1.807, 2.05) is 11.8 Å². The first-order chi connectivity index (χ1) is 8.70. The van der Waals surface area contributed by atoms with Gasteiger partial charge in [0.05, 0.1) is 0 Å². The summed E-state index contributed by atoms with van der Waals surface area (Å²) in [6, 6.07) is 8.12. The molecule has 1 saturated heterocycles. The van der Waals surface area contributed by atoms with Crippen LogP contribution in [0.5, 0.6) is 0 Å². The van der Waals surface area contributed by atoms with Crippen LogP contribution in [-0.2, 0) is 11.3 Å². The number of carbonyl (C=O) groups is 1. The lowest BCUT2D eigenvalue weighted by Crippen LogP contribution is -2.35. The first-order valence-corrected chi connectivity index (χ1v) is 7.38. The summed E-state index contributed by atoms with van der Waals surface area (Å²) in [6.45, 7) is 3.77. The molecule has 1 N–H and O–H groups in total. The predicted octanol–water partition coefficient (Wildman–Crippen LogP) is 2.85. The maximum Gasteiger partial charge on any atom is 0.320 e. The molecule has 0 radical (unpaired) electrons. The van der Waals surface area contributed by atoms with Gasteiger partial charge in [0.2, 0.25) is 0 Å². The molecule has 18 heavy (non-hydrogen) atoms. The van der Waals surface area contributed by atoms with Gasteiger partial charge in [0.1, 0.15) is 6.04 Å². The van der Waals surface area contributed by atoms with Gasteiger partial charge < -0.3 is 5.11 Å². The highest BCUT2D eigenvalue weighted by molar-refractivity contribution is 7.99. The molecule has 0 amide bonds. The molecule has 0 aliphatic carbocycles. The molecule has 1 atom stereocenters. The molecule has 1 aliphatic heterocycles. The number of nitrogens with zero attached hydrogens (tertiary/aromatic N) is 1. The molecule has 1 aromatic rings. The van der Waals surface area contributed by atoms with E-state index >= 15 is 0 Å². The molecule has 1 fully saturated rings. The molecule has 0 spiro atoms. The van der Waals surface area contributed by atoms with E-state index < -0.39 is 5.97 Å². The molecule has 98 valence electrons. The van der Waals surface area contributed by atoms with Crippen molar-refractivity contribution >= 4 is 17.7 Å². The Labute approximate surface area is 112 Å². The van der Waals surface area contributed by atoms with Crippen molar-refractivity contribution in [3.63, 3.8) is 0 Å². The van der Waals surface area contributed by atoms with Crippen LogP contribution in [0.1, 0.15) is 25.3 Å². The minimum absolute atomic E-state index is 0.299. The molecule has 0 aromatic heterocycles. The Morgan fingerprint density at radius 3 is 3.11 bits per heavy atom. The van der Waals surface area contributed by atoms with Gasteiger partial charge in [-0.1, -0.05) is 19.1 Å². The first kappa shape index (κ1) is 13.4. The number of hydrogen-bond donors (Lipinski definition) is 1. The minimum atomic E-state index is -0.688. The van der Waals surface area contributed by atoms with Crippen molar-refractivity contribution in [2.45, 2.75) is 37.2 Å². The summed E-state index contributed by atoms with van der Waals surface area (Å²) in [5.74, 6) is 0.372. The molecular formula is C14H19NO2S. The second-order valence-electron chi connectivity index (χ2n) is 4.55. The molecule has 1 aromatic carbocycles. The molecule has 0 saturated carbocycles. The topological polar surface area (TPSA) is 40.5 Å². The van der Waals surface area contributed by atoms with Crippen molar-refractivity contribution in [3.8, 4) is 0 Å².